The van der Waals surface area contributed by atoms with Crippen LogP contribution < -0.4 is 5.32 Å². The summed E-state index contributed by atoms with van der Waals surface area (Å²) in [6.07, 6.45) is 2.20. The third kappa shape index (κ3) is 5.73. The second-order valence-corrected chi connectivity index (χ2v) is 7.58. The van der Waals surface area contributed by atoms with Gasteiger partial charge < -0.3 is 15.3 Å². The fourth-order valence-electron chi connectivity index (χ4n) is 2.96. The van der Waals surface area contributed by atoms with Crippen LogP contribution in [0.2, 0.25) is 0 Å². The molecule has 0 aliphatic carbocycles. The zero-order valence-electron chi connectivity index (χ0n) is 15.9. The lowest BCUT2D eigenvalue weighted by atomic mass is 9.89. The van der Waals surface area contributed by atoms with Crippen LogP contribution in [-0.2, 0) is 4.79 Å². The molecule has 1 aliphatic rings. The van der Waals surface area contributed by atoms with Gasteiger partial charge in [0.05, 0.1) is 18.7 Å². The number of carbonyl (C=O) groups is 1. The van der Waals surface area contributed by atoms with Crippen molar-refractivity contribution < 1.29 is 9.90 Å². The van der Waals surface area contributed by atoms with E-state index in [1.165, 1.54) is 0 Å². The number of nitrogens with one attached hydrogen (secondary N) is 1. The summed E-state index contributed by atoms with van der Waals surface area (Å²) in [5.74, 6) is 0.542. The molecule has 1 saturated heterocycles. The van der Waals surface area contributed by atoms with Gasteiger partial charge in [0, 0.05) is 13.1 Å². The van der Waals surface area contributed by atoms with Crippen LogP contribution in [-0.4, -0.2) is 72.2 Å². The number of hydrogen-bond donors (Lipinski definition) is 2. The molecule has 138 valence electrons. The summed E-state index contributed by atoms with van der Waals surface area (Å²) in [5, 5.41) is 21.3. The molecular formula is C18H34N4O2. The monoisotopic (exact) mass is 338 g/mol. The van der Waals surface area contributed by atoms with Crippen molar-refractivity contribution in [2.45, 2.75) is 52.1 Å². The van der Waals surface area contributed by atoms with E-state index in [0.717, 1.165) is 39.0 Å². The average molecular weight is 338 g/mol. The van der Waals surface area contributed by atoms with Crippen LogP contribution in [0.15, 0.2) is 0 Å². The molecule has 0 radical (unpaired) electrons. The summed E-state index contributed by atoms with van der Waals surface area (Å²) in [6.45, 7) is 11.4. The van der Waals surface area contributed by atoms with E-state index < -0.39 is 5.54 Å². The van der Waals surface area contributed by atoms with E-state index in [2.05, 4.69) is 21.2 Å². The number of rotatable bonds is 8. The minimum absolute atomic E-state index is 0.0554. The second kappa shape index (κ2) is 9.36. The van der Waals surface area contributed by atoms with Crippen molar-refractivity contribution in [3.8, 4) is 6.07 Å². The normalized spacial score (nSPS) is 20.6. The Kier molecular flexibility index (Phi) is 8.14. The molecule has 0 aromatic carbocycles. The van der Waals surface area contributed by atoms with E-state index in [9.17, 15) is 10.1 Å². The summed E-state index contributed by atoms with van der Waals surface area (Å²) >= 11 is 0. The zero-order chi connectivity index (χ0) is 18.3. The summed E-state index contributed by atoms with van der Waals surface area (Å²) < 4.78 is 0. The Hall–Kier alpha value is -1.16. The molecule has 1 amide bonds. The van der Waals surface area contributed by atoms with Crippen LogP contribution >= 0.6 is 0 Å². The van der Waals surface area contributed by atoms with Gasteiger partial charge in [0.25, 0.3) is 0 Å². The van der Waals surface area contributed by atoms with E-state index >= 15 is 0 Å². The maximum atomic E-state index is 12.5. The molecule has 0 aromatic heterocycles. The number of aliphatic hydroxyl groups is 1. The fourth-order valence-corrected chi connectivity index (χ4v) is 2.96. The Morgan fingerprint density at radius 3 is 2.46 bits per heavy atom. The summed E-state index contributed by atoms with van der Waals surface area (Å²) in [6, 6.07) is 1.97. The first-order valence-corrected chi connectivity index (χ1v) is 9.00. The number of carbonyl (C=O) groups excluding carboxylic acids is 1. The van der Waals surface area contributed by atoms with Gasteiger partial charge in [-0.3, -0.25) is 9.69 Å². The van der Waals surface area contributed by atoms with Crippen molar-refractivity contribution >= 4 is 5.91 Å². The molecule has 1 rings (SSSR count). The maximum Gasteiger partial charge on any atom is 0.238 e. The lowest BCUT2D eigenvalue weighted by Crippen LogP contribution is -2.55. The maximum absolute atomic E-state index is 12.5. The second-order valence-electron chi connectivity index (χ2n) is 7.58. The Bertz CT molecular complexity index is 441. The number of nitriles is 1. The zero-order valence-corrected chi connectivity index (χ0v) is 15.9. The van der Waals surface area contributed by atoms with E-state index in [4.69, 9.17) is 5.11 Å². The molecule has 24 heavy (non-hydrogen) atoms. The van der Waals surface area contributed by atoms with Crippen LogP contribution in [0.1, 0.15) is 40.5 Å². The summed E-state index contributed by atoms with van der Waals surface area (Å²) in [7, 11) is 1.98. The van der Waals surface area contributed by atoms with E-state index in [0.29, 0.717) is 5.92 Å². The van der Waals surface area contributed by atoms with Gasteiger partial charge in [-0.25, -0.2) is 0 Å². The molecule has 0 bridgehead atoms. The Morgan fingerprint density at radius 2 is 2.00 bits per heavy atom. The molecule has 2 atom stereocenters. The topological polar surface area (TPSA) is 79.6 Å². The Balaban J connectivity index is 2.49. The van der Waals surface area contributed by atoms with Crippen molar-refractivity contribution in [1.29, 1.82) is 5.26 Å². The molecule has 0 aromatic rings. The Morgan fingerprint density at radius 1 is 1.42 bits per heavy atom. The highest BCUT2D eigenvalue weighted by atomic mass is 16.3. The highest BCUT2D eigenvalue weighted by molar-refractivity contribution is 5.82. The standard InChI is InChI=1S/C18H34N4O2/c1-14(2)18(4,13-19)20-17(24)15(3)21(5)12-16-6-8-22(9-7-16)10-11-23/h14-16,23H,6-12H2,1-5H3,(H,20,24). The highest BCUT2D eigenvalue weighted by Gasteiger charge is 2.33. The van der Waals surface area contributed by atoms with Gasteiger partial charge in [-0.1, -0.05) is 13.8 Å². The molecule has 1 fully saturated rings. The third-order valence-corrected chi connectivity index (χ3v) is 5.48. The van der Waals surface area contributed by atoms with Gasteiger partial charge in [0.2, 0.25) is 5.91 Å². The first kappa shape index (κ1) is 20.9. The largest absolute Gasteiger partial charge is 0.395 e. The summed E-state index contributed by atoms with van der Waals surface area (Å²) in [4.78, 5) is 16.9. The number of aliphatic hydroxyl groups excluding tert-OH is 1. The minimum Gasteiger partial charge on any atom is -0.395 e. The minimum atomic E-state index is -0.832. The molecule has 1 heterocycles. The van der Waals surface area contributed by atoms with Crippen LogP contribution in [0.3, 0.4) is 0 Å². The van der Waals surface area contributed by atoms with Gasteiger partial charge >= 0.3 is 0 Å². The van der Waals surface area contributed by atoms with Gasteiger partial charge in [-0.15, -0.1) is 0 Å². The molecule has 2 N–H and O–H groups in total. The van der Waals surface area contributed by atoms with Gasteiger partial charge in [0.1, 0.15) is 5.54 Å². The van der Waals surface area contributed by atoms with Crippen LogP contribution in [0, 0.1) is 23.2 Å². The smallest absolute Gasteiger partial charge is 0.238 e. The van der Waals surface area contributed by atoms with Gasteiger partial charge in [0.15, 0.2) is 0 Å². The van der Waals surface area contributed by atoms with Crippen molar-refractivity contribution in [1.82, 2.24) is 15.1 Å². The van der Waals surface area contributed by atoms with Crippen molar-refractivity contribution in [2.75, 3.05) is 39.8 Å². The predicted octanol–water partition coefficient (Wildman–Crippen LogP) is 1.07. The average Bonchev–Trinajstić information content (AvgIpc) is 2.55. The van der Waals surface area contributed by atoms with E-state index in [1.807, 2.05) is 27.8 Å². The third-order valence-electron chi connectivity index (χ3n) is 5.48. The van der Waals surface area contributed by atoms with Gasteiger partial charge in [-0.2, -0.15) is 5.26 Å². The number of likely N-dealkylation sites (tertiary alicyclic amines) is 1. The van der Waals surface area contributed by atoms with Crippen LogP contribution in [0.4, 0.5) is 0 Å². The number of amides is 1. The number of hydrogen-bond acceptors (Lipinski definition) is 5. The molecule has 6 nitrogen and oxygen atoms in total. The molecule has 0 saturated carbocycles. The van der Waals surface area contributed by atoms with Crippen LogP contribution in [0.5, 0.6) is 0 Å². The number of nitrogens with zero attached hydrogens (tertiary/aromatic N) is 3. The van der Waals surface area contributed by atoms with Gasteiger partial charge in [-0.05, 0) is 58.7 Å². The molecule has 1 aliphatic heterocycles. The van der Waals surface area contributed by atoms with Crippen LogP contribution in [0.25, 0.3) is 0 Å². The quantitative estimate of drug-likeness (QED) is 0.692. The number of piperidine rings is 1. The highest BCUT2D eigenvalue weighted by Crippen LogP contribution is 2.19. The summed E-state index contributed by atoms with van der Waals surface area (Å²) in [5.41, 5.74) is -0.832. The molecular weight excluding hydrogens is 304 g/mol. The lowest BCUT2D eigenvalue weighted by molar-refractivity contribution is -0.127. The predicted molar refractivity (Wildman–Crippen MR) is 95.3 cm³/mol. The molecule has 6 heteroatoms. The van der Waals surface area contributed by atoms with Crippen molar-refractivity contribution in [2.24, 2.45) is 11.8 Å². The fraction of sp³-hybridized carbons (Fsp3) is 0.889. The number of β-amino-alcohol motifs (C(OH)–C–C–N with tert-alkyl or cyclic N) is 1. The van der Waals surface area contributed by atoms with E-state index in [1.54, 1.807) is 6.92 Å². The van der Waals surface area contributed by atoms with Crippen molar-refractivity contribution in [3.63, 3.8) is 0 Å². The number of likely N-dealkylation sites (N-methyl/N-ethyl adjacent to an activating group) is 1. The first-order valence-electron chi connectivity index (χ1n) is 9.00. The molecule has 0 spiro atoms. The lowest BCUT2D eigenvalue weighted by Gasteiger charge is -2.36. The van der Waals surface area contributed by atoms with Crippen molar-refractivity contribution in [3.05, 3.63) is 0 Å². The molecule has 2 unspecified atom stereocenters. The first-order chi connectivity index (χ1) is 11.2. The Labute approximate surface area is 146 Å². The van der Waals surface area contributed by atoms with E-state index in [-0.39, 0.29) is 24.5 Å². The SMILES string of the molecule is CC(C(=O)NC(C)(C#N)C(C)C)N(C)CC1CCN(CCO)CC1.